The molecule has 0 fully saturated rings. The number of thiol groups is 1. The van der Waals surface area contributed by atoms with E-state index < -0.39 is 0 Å². The van der Waals surface area contributed by atoms with E-state index in [1.54, 1.807) is 0 Å². The number of aryl methyl sites for hydroxylation is 2. The van der Waals surface area contributed by atoms with Crippen LogP contribution in [0.4, 0.5) is 0 Å². The summed E-state index contributed by atoms with van der Waals surface area (Å²) in [6.07, 6.45) is 0. The van der Waals surface area contributed by atoms with Crippen LogP contribution in [0.25, 0.3) is 0 Å². The van der Waals surface area contributed by atoms with Crippen molar-refractivity contribution in [1.82, 2.24) is 0 Å². The molecule has 0 aliphatic carbocycles. The summed E-state index contributed by atoms with van der Waals surface area (Å²) >= 11 is 4.22. The fourth-order valence-electron chi connectivity index (χ4n) is 0.951. The van der Waals surface area contributed by atoms with Crippen molar-refractivity contribution in [3.63, 3.8) is 0 Å². The van der Waals surface area contributed by atoms with Crippen molar-refractivity contribution >= 4 is 31.5 Å². The van der Waals surface area contributed by atoms with Gasteiger partial charge in [-0.1, -0.05) is 6.07 Å². The van der Waals surface area contributed by atoms with E-state index in [0.717, 1.165) is 4.90 Å². The van der Waals surface area contributed by atoms with Crippen molar-refractivity contribution in [2.24, 2.45) is 0 Å². The second-order valence-corrected chi connectivity index (χ2v) is 2.86. The summed E-state index contributed by atoms with van der Waals surface area (Å²) in [5.74, 6) is 0. The van der Waals surface area contributed by atoms with Crippen LogP contribution < -0.4 is 0 Å². The fourth-order valence-corrected chi connectivity index (χ4v) is 1.36. The summed E-state index contributed by atoms with van der Waals surface area (Å²) in [6.45, 7) is 4.15. The molecular weight excluding hydrogens is 135 g/mol. The molecule has 50 valence electrons. The van der Waals surface area contributed by atoms with Crippen molar-refractivity contribution in [3.05, 3.63) is 29.3 Å². The van der Waals surface area contributed by atoms with Crippen molar-refractivity contribution in [2.45, 2.75) is 18.7 Å². The Bertz CT molecular complexity index is 170. The third kappa shape index (κ3) is 2.83. The third-order valence-corrected chi connectivity index (χ3v) is 1.46. The van der Waals surface area contributed by atoms with Crippen LogP contribution in [-0.2, 0) is 0 Å². The zero-order chi connectivity index (χ0) is 6.85. The van der Waals surface area contributed by atoms with Gasteiger partial charge in [0.15, 0.2) is 0 Å². The first kappa shape index (κ1) is 10.2. The van der Waals surface area contributed by atoms with Gasteiger partial charge in [-0.2, -0.15) is 0 Å². The van der Waals surface area contributed by atoms with Gasteiger partial charge >= 0.3 is 18.9 Å². The molecule has 0 bridgehead atoms. The predicted molar refractivity (Wildman–Crippen MR) is 50.3 cm³/mol. The average Bonchev–Trinajstić information content (AvgIpc) is 1.59. The zero-order valence-corrected chi connectivity index (χ0v) is 6.57. The Balaban J connectivity index is 0.000000810. The van der Waals surface area contributed by atoms with Crippen LogP contribution in [0.5, 0.6) is 0 Å². The van der Waals surface area contributed by atoms with Crippen LogP contribution in [0, 0.1) is 13.8 Å². The van der Waals surface area contributed by atoms with E-state index in [1.165, 1.54) is 11.1 Å². The van der Waals surface area contributed by atoms with Gasteiger partial charge in [-0.05, 0) is 37.1 Å². The Morgan fingerprint density at radius 1 is 1.00 bits per heavy atom. The normalized spacial score (nSPS) is 8.70. The fraction of sp³-hybridized carbons (Fsp3) is 0.250. The first-order chi connectivity index (χ1) is 4.18. The van der Waals surface area contributed by atoms with E-state index in [0.29, 0.717) is 0 Å². The van der Waals surface area contributed by atoms with Gasteiger partial charge in [-0.15, -0.1) is 12.6 Å². The van der Waals surface area contributed by atoms with Gasteiger partial charge in [0.1, 0.15) is 0 Å². The first-order valence-corrected chi connectivity index (χ1v) is 3.40. The third-order valence-electron chi connectivity index (χ3n) is 1.21. The van der Waals surface area contributed by atoms with E-state index in [1.807, 2.05) is 0 Å². The van der Waals surface area contributed by atoms with E-state index in [2.05, 4.69) is 44.7 Å². The maximum absolute atomic E-state index is 4.22. The molecule has 1 aromatic rings. The predicted octanol–water partition coefficient (Wildman–Crippen LogP) is 1.94. The number of hydrogen-bond acceptors (Lipinski definition) is 1. The molecule has 0 heterocycles. The van der Waals surface area contributed by atoms with E-state index in [4.69, 9.17) is 0 Å². The van der Waals surface area contributed by atoms with Crippen LogP contribution >= 0.6 is 12.6 Å². The zero-order valence-electron chi connectivity index (χ0n) is 5.68. The molecule has 0 spiro atoms. The van der Waals surface area contributed by atoms with E-state index in [-0.39, 0.29) is 18.9 Å². The minimum absolute atomic E-state index is 0. The number of hydrogen-bond donors (Lipinski definition) is 1. The summed E-state index contributed by atoms with van der Waals surface area (Å²) < 4.78 is 0. The summed E-state index contributed by atoms with van der Waals surface area (Å²) in [4.78, 5) is 1.05. The Morgan fingerprint density at radius 2 is 1.40 bits per heavy atom. The molecule has 0 unspecified atom stereocenters. The first-order valence-electron chi connectivity index (χ1n) is 2.96. The molecule has 2 heteroatoms. The minimum atomic E-state index is 0. The summed E-state index contributed by atoms with van der Waals surface area (Å²) in [7, 11) is 0. The average molecular weight is 146 g/mol. The van der Waals surface area contributed by atoms with Gasteiger partial charge < -0.3 is 0 Å². The summed E-state index contributed by atoms with van der Waals surface area (Å²) in [5.41, 5.74) is 2.56. The molecule has 0 nitrogen and oxygen atoms in total. The molecular formula is C8H11LiS. The van der Waals surface area contributed by atoms with Crippen LogP contribution in [0.3, 0.4) is 0 Å². The van der Waals surface area contributed by atoms with Crippen molar-refractivity contribution in [2.75, 3.05) is 0 Å². The molecule has 1 rings (SSSR count). The topological polar surface area (TPSA) is 0 Å². The van der Waals surface area contributed by atoms with Crippen LogP contribution in [0.15, 0.2) is 23.1 Å². The van der Waals surface area contributed by atoms with Gasteiger partial charge in [-0.3, -0.25) is 0 Å². The van der Waals surface area contributed by atoms with Crippen molar-refractivity contribution in [1.29, 1.82) is 0 Å². The quantitative estimate of drug-likeness (QED) is 0.419. The second kappa shape index (κ2) is 4.13. The molecule has 0 saturated carbocycles. The van der Waals surface area contributed by atoms with Crippen LogP contribution in [0.2, 0.25) is 0 Å². The summed E-state index contributed by atoms with van der Waals surface area (Å²) in [6, 6.07) is 6.24. The maximum atomic E-state index is 4.22. The van der Waals surface area contributed by atoms with Gasteiger partial charge in [-0.25, -0.2) is 0 Å². The van der Waals surface area contributed by atoms with Gasteiger partial charge in [0.2, 0.25) is 0 Å². The molecule has 1 aromatic carbocycles. The summed E-state index contributed by atoms with van der Waals surface area (Å²) in [5, 5.41) is 0. The Hall–Kier alpha value is 0.167. The standard InChI is InChI=1S/C8H10S.Li.H/c1-6-3-7(2)5-8(9)4-6;;/h3-5,9H,1-2H3;;. The molecule has 0 atom stereocenters. The van der Waals surface area contributed by atoms with E-state index in [9.17, 15) is 0 Å². The van der Waals surface area contributed by atoms with Crippen LogP contribution in [-0.4, -0.2) is 18.9 Å². The van der Waals surface area contributed by atoms with Crippen molar-refractivity contribution < 1.29 is 0 Å². The van der Waals surface area contributed by atoms with E-state index >= 15 is 0 Å². The molecule has 10 heavy (non-hydrogen) atoms. The van der Waals surface area contributed by atoms with Gasteiger partial charge in [0.25, 0.3) is 0 Å². The van der Waals surface area contributed by atoms with Gasteiger partial charge in [0, 0.05) is 4.90 Å². The number of rotatable bonds is 0. The molecule has 0 amide bonds. The SMILES string of the molecule is Cc1cc(C)cc(S)c1.[LiH]. The Morgan fingerprint density at radius 3 is 1.70 bits per heavy atom. The van der Waals surface area contributed by atoms with Crippen molar-refractivity contribution in [3.8, 4) is 0 Å². The Kier molecular flexibility index (Phi) is 4.20. The molecule has 0 aliphatic heterocycles. The monoisotopic (exact) mass is 146 g/mol. The molecule has 0 radical (unpaired) electrons. The Labute approximate surface area is 79.6 Å². The van der Waals surface area contributed by atoms with Gasteiger partial charge in [0.05, 0.1) is 0 Å². The molecule has 0 aliphatic rings. The number of benzene rings is 1. The molecule has 0 saturated heterocycles. The second-order valence-electron chi connectivity index (χ2n) is 2.35. The molecule has 0 N–H and O–H groups in total. The van der Waals surface area contributed by atoms with Crippen LogP contribution in [0.1, 0.15) is 11.1 Å². The molecule has 0 aromatic heterocycles.